The molecule has 0 spiro atoms. The zero-order chi connectivity index (χ0) is 20.3. The van der Waals surface area contributed by atoms with Crippen molar-refractivity contribution < 1.29 is 18.3 Å². The van der Waals surface area contributed by atoms with Crippen LogP contribution in [-0.2, 0) is 10.0 Å². The van der Waals surface area contributed by atoms with Crippen molar-refractivity contribution in [3.05, 3.63) is 59.2 Å². The van der Waals surface area contributed by atoms with Gasteiger partial charge in [0.05, 0.1) is 4.90 Å². The summed E-state index contributed by atoms with van der Waals surface area (Å²) in [5, 5.41) is 9.33. The lowest BCUT2D eigenvalue weighted by atomic mass is 9.98. The second-order valence-electron chi connectivity index (χ2n) is 7.39. The number of likely N-dealkylation sites (tertiary alicyclic amines) is 1. The topological polar surface area (TPSA) is 86.7 Å². The minimum Gasteiger partial charge on any atom is -0.396 e. The van der Waals surface area contributed by atoms with E-state index in [0.29, 0.717) is 29.9 Å². The number of nitrogens with zero attached hydrogens (tertiary/aromatic N) is 1. The number of piperidine rings is 1. The molecule has 0 bridgehead atoms. The van der Waals surface area contributed by atoms with Gasteiger partial charge in [-0.05, 0) is 74.1 Å². The summed E-state index contributed by atoms with van der Waals surface area (Å²) < 4.78 is 28.0. The van der Waals surface area contributed by atoms with Crippen molar-refractivity contribution in [2.75, 3.05) is 24.4 Å². The molecule has 0 saturated carbocycles. The first-order chi connectivity index (χ1) is 13.3. The zero-order valence-electron chi connectivity index (χ0n) is 16.2. The van der Waals surface area contributed by atoms with Gasteiger partial charge >= 0.3 is 0 Å². The quantitative estimate of drug-likeness (QED) is 0.805. The number of aryl methyl sites for hydroxylation is 2. The van der Waals surface area contributed by atoms with E-state index in [4.69, 9.17) is 0 Å². The Kier molecular flexibility index (Phi) is 6.05. The first-order valence-corrected chi connectivity index (χ1v) is 10.9. The summed E-state index contributed by atoms with van der Waals surface area (Å²) in [4.78, 5) is 14.7. The van der Waals surface area contributed by atoms with Crippen LogP contribution < -0.4 is 4.72 Å². The Morgan fingerprint density at radius 2 is 1.89 bits per heavy atom. The highest BCUT2D eigenvalue weighted by atomic mass is 32.2. The number of anilines is 1. The molecule has 150 valence electrons. The third-order valence-electron chi connectivity index (χ3n) is 5.08. The van der Waals surface area contributed by atoms with Crippen LogP contribution in [0.5, 0.6) is 0 Å². The Hall–Kier alpha value is -2.38. The van der Waals surface area contributed by atoms with E-state index < -0.39 is 10.0 Å². The van der Waals surface area contributed by atoms with Gasteiger partial charge in [-0.3, -0.25) is 9.52 Å². The Morgan fingerprint density at radius 3 is 2.57 bits per heavy atom. The molecule has 1 heterocycles. The Bertz CT molecular complexity index is 955. The fourth-order valence-corrected chi connectivity index (χ4v) is 4.86. The largest absolute Gasteiger partial charge is 0.396 e. The fourth-order valence-electron chi connectivity index (χ4n) is 3.47. The summed E-state index contributed by atoms with van der Waals surface area (Å²) in [5.74, 6) is 0.0310. The van der Waals surface area contributed by atoms with Gasteiger partial charge in [0, 0.05) is 30.9 Å². The first kappa shape index (κ1) is 20.4. The first-order valence-electron chi connectivity index (χ1n) is 9.40. The van der Waals surface area contributed by atoms with Crippen molar-refractivity contribution in [3.8, 4) is 0 Å². The minimum atomic E-state index is -3.70. The van der Waals surface area contributed by atoms with Gasteiger partial charge < -0.3 is 10.0 Å². The van der Waals surface area contributed by atoms with Crippen molar-refractivity contribution in [1.29, 1.82) is 0 Å². The smallest absolute Gasteiger partial charge is 0.262 e. The molecule has 28 heavy (non-hydrogen) atoms. The lowest BCUT2D eigenvalue weighted by molar-refractivity contribution is 0.0620. The number of nitrogens with one attached hydrogen (secondary N) is 1. The molecule has 0 aromatic heterocycles. The van der Waals surface area contributed by atoms with E-state index in [2.05, 4.69) is 4.72 Å². The normalized spacial score (nSPS) is 17.4. The van der Waals surface area contributed by atoms with E-state index in [1.54, 1.807) is 48.2 Å². The Morgan fingerprint density at radius 1 is 1.18 bits per heavy atom. The summed E-state index contributed by atoms with van der Waals surface area (Å²) >= 11 is 0. The number of carbonyl (C=O) groups excluding carboxylic acids is 1. The second kappa shape index (κ2) is 8.32. The van der Waals surface area contributed by atoms with Crippen molar-refractivity contribution in [2.45, 2.75) is 31.6 Å². The van der Waals surface area contributed by atoms with E-state index >= 15 is 0 Å². The number of hydrogen-bond donors (Lipinski definition) is 2. The molecule has 7 heteroatoms. The third kappa shape index (κ3) is 4.54. The van der Waals surface area contributed by atoms with Gasteiger partial charge in [0.2, 0.25) is 0 Å². The number of benzene rings is 2. The standard InChI is InChI=1S/C21H26N2O4S/c1-15-5-6-16(2)20(12-15)28(26,27)22-19-9-7-18(8-10-19)21(25)23-11-3-4-17(13-23)14-24/h5-10,12,17,22,24H,3-4,11,13-14H2,1-2H3/t17-/m0/s1. The molecule has 2 aromatic carbocycles. The summed E-state index contributed by atoms with van der Waals surface area (Å²) in [6, 6.07) is 11.8. The predicted molar refractivity (Wildman–Crippen MR) is 109 cm³/mol. The monoisotopic (exact) mass is 402 g/mol. The molecule has 3 rings (SSSR count). The molecule has 1 aliphatic heterocycles. The molecule has 6 nitrogen and oxygen atoms in total. The average molecular weight is 403 g/mol. The van der Waals surface area contributed by atoms with Gasteiger partial charge in [0.15, 0.2) is 0 Å². The summed E-state index contributed by atoms with van der Waals surface area (Å²) in [7, 11) is -3.70. The number of carbonyl (C=O) groups is 1. The van der Waals surface area contributed by atoms with Crippen LogP contribution >= 0.6 is 0 Å². The molecule has 1 amide bonds. The van der Waals surface area contributed by atoms with Crippen LogP contribution in [0.2, 0.25) is 0 Å². The van der Waals surface area contributed by atoms with Crippen LogP contribution in [0.4, 0.5) is 5.69 Å². The van der Waals surface area contributed by atoms with E-state index in [0.717, 1.165) is 18.4 Å². The number of sulfonamides is 1. The van der Waals surface area contributed by atoms with Crippen LogP contribution in [0.1, 0.15) is 34.3 Å². The van der Waals surface area contributed by atoms with Crippen LogP contribution in [0.3, 0.4) is 0 Å². The molecule has 1 saturated heterocycles. The fraction of sp³-hybridized carbons (Fsp3) is 0.381. The number of hydrogen-bond acceptors (Lipinski definition) is 4. The predicted octanol–water partition coefficient (Wildman–Crippen LogP) is 2.95. The number of aliphatic hydroxyl groups is 1. The molecule has 2 N–H and O–H groups in total. The van der Waals surface area contributed by atoms with Gasteiger partial charge in [0.1, 0.15) is 0 Å². The molecular formula is C21H26N2O4S. The molecule has 0 aliphatic carbocycles. The summed E-state index contributed by atoms with van der Waals surface area (Å²) in [5.41, 5.74) is 2.46. The van der Waals surface area contributed by atoms with E-state index in [1.165, 1.54) is 0 Å². The molecule has 0 unspecified atom stereocenters. The number of rotatable bonds is 5. The van der Waals surface area contributed by atoms with Crippen molar-refractivity contribution in [1.82, 2.24) is 4.90 Å². The van der Waals surface area contributed by atoms with Gasteiger partial charge in [-0.25, -0.2) is 8.42 Å². The summed E-state index contributed by atoms with van der Waals surface area (Å²) in [6.07, 6.45) is 1.81. The van der Waals surface area contributed by atoms with E-state index in [9.17, 15) is 18.3 Å². The van der Waals surface area contributed by atoms with Gasteiger partial charge in [-0.15, -0.1) is 0 Å². The zero-order valence-corrected chi connectivity index (χ0v) is 17.0. The maximum Gasteiger partial charge on any atom is 0.262 e. The highest BCUT2D eigenvalue weighted by Crippen LogP contribution is 2.22. The Labute approximate surface area is 166 Å². The van der Waals surface area contributed by atoms with Crippen molar-refractivity contribution >= 4 is 21.6 Å². The van der Waals surface area contributed by atoms with Crippen molar-refractivity contribution in [2.24, 2.45) is 5.92 Å². The van der Waals surface area contributed by atoms with E-state index in [1.807, 2.05) is 13.0 Å². The maximum absolute atomic E-state index is 12.7. The molecular weight excluding hydrogens is 376 g/mol. The highest BCUT2D eigenvalue weighted by molar-refractivity contribution is 7.92. The highest BCUT2D eigenvalue weighted by Gasteiger charge is 2.24. The minimum absolute atomic E-state index is 0.0862. The SMILES string of the molecule is Cc1ccc(C)c(S(=O)(=O)Nc2ccc(C(=O)N3CCC[C@H](CO)C3)cc2)c1. The molecule has 2 aromatic rings. The summed E-state index contributed by atoms with van der Waals surface area (Å²) in [6.45, 7) is 4.92. The van der Waals surface area contributed by atoms with Gasteiger partial charge in [-0.2, -0.15) is 0 Å². The van der Waals surface area contributed by atoms with E-state index in [-0.39, 0.29) is 23.3 Å². The van der Waals surface area contributed by atoms with Crippen LogP contribution in [-0.4, -0.2) is 44.0 Å². The maximum atomic E-state index is 12.7. The van der Waals surface area contributed by atoms with Crippen LogP contribution in [0, 0.1) is 19.8 Å². The van der Waals surface area contributed by atoms with Crippen LogP contribution in [0.15, 0.2) is 47.4 Å². The lowest BCUT2D eigenvalue weighted by Crippen LogP contribution is -2.40. The van der Waals surface area contributed by atoms with Crippen molar-refractivity contribution in [3.63, 3.8) is 0 Å². The van der Waals surface area contributed by atoms with Crippen LogP contribution in [0.25, 0.3) is 0 Å². The Balaban J connectivity index is 1.74. The average Bonchev–Trinajstić information content (AvgIpc) is 2.69. The van der Waals surface area contributed by atoms with Gasteiger partial charge in [0.25, 0.3) is 15.9 Å². The lowest BCUT2D eigenvalue weighted by Gasteiger charge is -2.32. The second-order valence-corrected chi connectivity index (χ2v) is 9.04. The molecule has 0 radical (unpaired) electrons. The molecule has 1 atom stereocenters. The van der Waals surface area contributed by atoms with Gasteiger partial charge in [-0.1, -0.05) is 12.1 Å². The number of amides is 1. The third-order valence-corrected chi connectivity index (χ3v) is 6.60. The molecule has 1 aliphatic rings. The molecule has 1 fully saturated rings. The number of aliphatic hydroxyl groups excluding tert-OH is 1.